The Bertz CT molecular complexity index is 1970. The number of benzene rings is 6. The number of hydrogen-bond acceptors (Lipinski definition) is 4. The van der Waals surface area contributed by atoms with Crippen LogP contribution < -0.4 is 10.2 Å². The molecule has 2 bridgehead atoms. The Morgan fingerprint density at radius 2 is 1.38 bits per heavy atom. The van der Waals surface area contributed by atoms with Crippen molar-refractivity contribution in [1.29, 1.82) is 5.26 Å². The molecule has 0 spiro atoms. The molecule has 0 saturated carbocycles. The van der Waals surface area contributed by atoms with E-state index in [0.717, 1.165) is 38.9 Å². The van der Waals surface area contributed by atoms with Gasteiger partial charge >= 0.3 is 0 Å². The van der Waals surface area contributed by atoms with Crippen molar-refractivity contribution in [3.05, 3.63) is 127 Å². The monoisotopic (exact) mass is 515 g/mol. The van der Waals surface area contributed by atoms with Crippen LogP contribution >= 0.6 is 11.8 Å². The van der Waals surface area contributed by atoms with Gasteiger partial charge in [0.2, 0.25) is 0 Å². The summed E-state index contributed by atoms with van der Waals surface area (Å²) in [4.78, 5) is 4.66. The minimum absolute atomic E-state index is 0.626. The average Bonchev–Trinajstić information content (AvgIpc) is 3.05. The lowest BCUT2D eigenvalue weighted by Gasteiger charge is -2.34. The van der Waals surface area contributed by atoms with Crippen molar-refractivity contribution in [1.82, 2.24) is 0 Å². The smallest absolute Gasteiger partial charge is 0.0993 e. The summed E-state index contributed by atoms with van der Waals surface area (Å²) in [5.74, 6) is 0. The molecule has 8 rings (SSSR count). The molecule has 4 heteroatoms. The van der Waals surface area contributed by atoms with E-state index in [1.807, 2.05) is 18.2 Å². The van der Waals surface area contributed by atoms with Gasteiger partial charge in [-0.3, -0.25) is 0 Å². The minimum Gasteiger partial charge on any atom is -0.354 e. The van der Waals surface area contributed by atoms with Crippen molar-refractivity contribution >= 4 is 51.0 Å². The molecule has 0 atom stereocenters. The van der Waals surface area contributed by atoms with Crippen LogP contribution in [0.25, 0.3) is 33.0 Å². The molecule has 6 aromatic carbocycles. The topological polar surface area (TPSA) is 39.1 Å². The van der Waals surface area contributed by atoms with E-state index in [1.54, 1.807) is 11.8 Å². The SMILES string of the molecule is N#Cc1cc2c3c(c1)N(c1ccc(-c4ccccc4)cc1)c1ccc4cccc(c4c1S3)-c1ccccc1N2. The van der Waals surface area contributed by atoms with E-state index >= 15 is 0 Å². The average molecular weight is 516 g/mol. The van der Waals surface area contributed by atoms with E-state index in [2.05, 4.69) is 119 Å². The van der Waals surface area contributed by atoms with Crippen LogP contribution in [0.2, 0.25) is 0 Å². The Hall–Kier alpha value is -4.98. The van der Waals surface area contributed by atoms with Gasteiger partial charge in [0, 0.05) is 27.2 Å². The highest BCUT2D eigenvalue weighted by atomic mass is 32.2. The first-order chi connectivity index (χ1) is 19.3. The summed E-state index contributed by atoms with van der Waals surface area (Å²) < 4.78 is 0. The zero-order chi connectivity index (χ0) is 25.9. The van der Waals surface area contributed by atoms with Crippen LogP contribution in [0, 0.1) is 11.3 Å². The van der Waals surface area contributed by atoms with Crippen LogP contribution in [0.5, 0.6) is 0 Å². The fourth-order valence-electron chi connectivity index (χ4n) is 5.80. The molecule has 2 aliphatic heterocycles. The van der Waals surface area contributed by atoms with Gasteiger partial charge in [0.25, 0.3) is 0 Å². The molecule has 2 heterocycles. The molecule has 2 aliphatic rings. The molecule has 0 aromatic heterocycles. The summed E-state index contributed by atoms with van der Waals surface area (Å²) in [6.07, 6.45) is 0. The predicted octanol–water partition coefficient (Wildman–Crippen LogP) is 10.0. The van der Waals surface area contributed by atoms with Crippen LogP contribution in [0.15, 0.2) is 131 Å². The second kappa shape index (κ2) is 8.52. The Balaban J connectivity index is 1.44. The van der Waals surface area contributed by atoms with Gasteiger partial charge in [-0.15, -0.1) is 0 Å². The van der Waals surface area contributed by atoms with Gasteiger partial charge in [0.15, 0.2) is 0 Å². The van der Waals surface area contributed by atoms with Crippen LogP contribution in [0.3, 0.4) is 0 Å². The Labute approximate surface area is 231 Å². The van der Waals surface area contributed by atoms with Crippen molar-refractivity contribution < 1.29 is 0 Å². The van der Waals surface area contributed by atoms with Crippen molar-refractivity contribution in [3.8, 4) is 28.3 Å². The molecular formula is C35H21N3S. The highest BCUT2D eigenvalue weighted by Gasteiger charge is 2.31. The number of para-hydroxylation sites is 1. The molecule has 0 radical (unpaired) electrons. The molecule has 6 aromatic rings. The highest BCUT2D eigenvalue weighted by molar-refractivity contribution is 8.00. The largest absolute Gasteiger partial charge is 0.354 e. The lowest BCUT2D eigenvalue weighted by atomic mass is 9.96. The van der Waals surface area contributed by atoms with E-state index < -0.39 is 0 Å². The molecule has 3 nitrogen and oxygen atoms in total. The maximum absolute atomic E-state index is 10.0. The minimum atomic E-state index is 0.626. The van der Waals surface area contributed by atoms with E-state index in [-0.39, 0.29) is 0 Å². The van der Waals surface area contributed by atoms with E-state index in [0.29, 0.717) is 5.56 Å². The molecule has 39 heavy (non-hydrogen) atoms. The zero-order valence-corrected chi connectivity index (χ0v) is 21.7. The summed E-state index contributed by atoms with van der Waals surface area (Å²) in [5, 5.41) is 16.2. The Morgan fingerprint density at radius 3 is 2.23 bits per heavy atom. The lowest BCUT2D eigenvalue weighted by Crippen LogP contribution is -2.16. The van der Waals surface area contributed by atoms with Gasteiger partial charge < -0.3 is 10.2 Å². The van der Waals surface area contributed by atoms with Crippen molar-refractivity contribution in [2.75, 3.05) is 10.2 Å². The van der Waals surface area contributed by atoms with Gasteiger partial charge in [-0.25, -0.2) is 0 Å². The number of rotatable bonds is 2. The first-order valence-electron chi connectivity index (χ1n) is 12.9. The van der Waals surface area contributed by atoms with Crippen LogP contribution in [-0.2, 0) is 0 Å². The Morgan fingerprint density at radius 1 is 0.615 bits per heavy atom. The summed E-state index contributed by atoms with van der Waals surface area (Å²) in [6.45, 7) is 0. The van der Waals surface area contributed by atoms with E-state index in [9.17, 15) is 5.26 Å². The quantitative estimate of drug-likeness (QED) is 0.249. The predicted molar refractivity (Wildman–Crippen MR) is 162 cm³/mol. The molecule has 1 N–H and O–H groups in total. The van der Waals surface area contributed by atoms with Crippen LogP contribution in [-0.4, -0.2) is 0 Å². The zero-order valence-electron chi connectivity index (χ0n) is 20.8. The number of hydrogen-bond donors (Lipinski definition) is 1. The third-order valence-corrected chi connectivity index (χ3v) is 8.83. The fraction of sp³-hybridized carbons (Fsp3) is 0. The first kappa shape index (κ1) is 22.0. The number of nitriles is 1. The third-order valence-electron chi connectivity index (χ3n) is 7.58. The second-order valence-electron chi connectivity index (χ2n) is 9.82. The first-order valence-corrected chi connectivity index (χ1v) is 13.7. The maximum atomic E-state index is 10.0. The molecular weight excluding hydrogens is 494 g/mol. The van der Waals surface area contributed by atoms with Crippen molar-refractivity contribution in [2.24, 2.45) is 0 Å². The highest BCUT2D eigenvalue weighted by Crippen LogP contribution is 2.58. The molecule has 0 fully saturated rings. The summed E-state index contributed by atoms with van der Waals surface area (Å²) >= 11 is 1.79. The van der Waals surface area contributed by atoms with Gasteiger partial charge in [0.1, 0.15) is 0 Å². The molecule has 182 valence electrons. The van der Waals surface area contributed by atoms with Crippen LogP contribution in [0.4, 0.5) is 28.4 Å². The van der Waals surface area contributed by atoms with Gasteiger partial charge in [-0.1, -0.05) is 96.7 Å². The second-order valence-corrected chi connectivity index (χ2v) is 10.8. The number of nitrogens with one attached hydrogen (secondary N) is 1. The third kappa shape index (κ3) is 3.38. The summed E-state index contributed by atoms with van der Waals surface area (Å²) in [7, 11) is 0. The molecule has 0 saturated heterocycles. The van der Waals surface area contributed by atoms with Crippen molar-refractivity contribution in [2.45, 2.75) is 9.79 Å². The van der Waals surface area contributed by atoms with Gasteiger partial charge in [-0.2, -0.15) is 5.26 Å². The van der Waals surface area contributed by atoms with E-state index in [4.69, 9.17) is 0 Å². The molecule has 0 amide bonds. The number of fused-ring (bicyclic) bond motifs is 2. The number of anilines is 5. The summed E-state index contributed by atoms with van der Waals surface area (Å²) in [6, 6.07) is 45.0. The van der Waals surface area contributed by atoms with Crippen molar-refractivity contribution in [3.63, 3.8) is 0 Å². The lowest BCUT2D eigenvalue weighted by molar-refractivity contribution is 1.18. The Kier molecular flexibility index (Phi) is 4.82. The molecule has 0 unspecified atom stereocenters. The maximum Gasteiger partial charge on any atom is 0.0993 e. The molecule has 0 aliphatic carbocycles. The standard InChI is InChI=1S/C35H21N3S/c36-21-22-19-30-34-32(20-22)38(26-16-13-24(14-17-26)23-7-2-1-3-8-23)31-18-15-25-9-6-11-28(33(25)35(31)39-34)27-10-4-5-12-29(27)37-30/h1-20,37H. The number of nitrogens with zero attached hydrogens (tertiary/aromatic N) is 2. The van der Waals surface area contributed by atoms with E-state index in [1.165, 1.54) is 32.4 Å². The van der Waals surface area contributed by atoms with Crippen LogP contribution in [0.1, 0.15) is 5.56 Å². The fourth-order valence-corrected chi connectivity index (χ4v) is 7.07. The van der Waals surface area contributed by atoms with Gasteiger partial charge in [0.05, 0.1) is 33.6 Å². The summed E-state index contributed by atoms with van der Waals surface area (Å²) in [5.41, 5.74) is 10.5. The normalized spacial score (nSPS) is 12.6. The van der Waals surface area contributed by atoms with Gasteiger partial charge in [-0.05, 0) is 58.5 Å².